The zero-order chi connectivity index (χ0) is 20.4. The van der Waals surface area contributed by atoms with Gasteiger partial charge in [0.15, 0.2) is 5.13 Å². The largest absolute Gasteiger partial charge is 0.345 e. The summed E-state index contributed by atoms with van der Waals surface area (Å²) >= 11 is 1.64. The van der Waals surface area contributed by atoms with Crippen LogP contribution in [0.4, 0.5) is 5.13 Å². The molecule has 2 aliphatic heterocycles. The van der Waals surface area contributed by atoms with E-state index in [4.69, 9.17) is 0 Å². The van der Waals surface area contributed by atoms with Crippen LogP contribution in [-0.4, -0.2) is 65.9 Å². The zero-order valence-corrected chi connectivity index (χ0v) is 18.0. The van der Waals surface area contributed by atoms with Gasteiger partial charge in [-0.15, -0.1) is 11.3 Å². The number of anilines is 1. The summed E-state index contributed by atoms with van der Waals surface area (Å²) < 4.78 is 0. The number of aromatic nitrogens is 1. The number of hydrogen-bond donors (Lipinski definition) is 0. The van der Waals surface area contributed by atoms with Gasteiger partial charge in [-0.1, -0.05) is 17.2 Å². The minimum absolute atomic E-state index is 0.0443. The van der Waals surface area contributed by atoms with Crippen molar-refractivity contribution in [2.75, 3.05) is 44.2 Å². The molecule has 0 radical (unpaired) electrons. The summed E-state index contributed by atoms with van der Waals surface area (Å²) in [7, 11) is 0. The van der Waals surface area contributed by atoms with Crippen molar-refractivity contribution in [3.63, 3.8) is 0 Å². The smallest absolute Gasteiger partial charge is 0.253 e. The Kier molecular flexibility index (Phi) is 5.85. The number of aryl methyl sites for hydroxylation is 2. The number of nitrogens with zero attached hydrogens (tertiary/aromatic N) is 4. The first-order valence-electron chi connectivity index (χ1n) is 10.3. The Labute approximate surface area is 176 Å². The van der Waals surface area contributed by atoms with Crippen LogP contribution in [0.5, 0.6) is 0 Å². The van der Waals surface area contributed by atoms with Gasteiger partial charge in [-0.3, -0.25) is 9.59 Å². The molecule has 0 N–H and O–H groups in total. The molecular weight excluding hydrogens is 384 g/mol. The van der Waals surface area contributed by atoms with Crippen LogP contribution < -0.4 is 4.90 Å². The van der Waals surface area contributed by atoms with Crippen LogP contribution in [0, 0.1) is 19.8 Å². The van der Waals surface area contributed by atoms with Gasteiger partial charge in [-0.05, 0) is 38.8 Å². The number of likely N-dealkylation sites (tertiary alicyclic amines) is 1. The number of piperidine rings is 1. The molecule has 3 heterocycles. The Balaban J connectivity index is 1.37. The van der Waals surface area contributed by atoms with Crippen molar-refractivity contribution in [3.8, 4) is 0 Å². The van der Waals surface area contributed by atoms with E-state index in [0.29, 0.717) is 6.54 Å². The number of thiazole rings is 1. The third-order valence-corrected chi connectivity index (χ3v) is 6.64. The van der Waals surface area contributed by atoms with Gasteiger partial charge in [-0.25, -0.2) is 4.98 Å². The number of amides is 2. The highest BCUT2D eigenvalue weighted by molar-refractivity contribution is 7.13. The lowest BCUT2D eigenvalue weighted by Gasteiger charge is -2.39. The molecule has 4 rings (SSSR count). The topological polar surface area (TPSA) is 56.8 Å². The van der Waals surface area contributed by atoms with Crippen molar-refractivity contribution in [2.45, 2.75) is 26.7 Å². The Hall–Kier alpha value is -2.41. The second-order valence-electron chi connectivity index (χ2n) is 8.09. The molecule has 2 aliphatic rings. The van der Waals surface area contributed by atoms with Crippen LogP contribution in [0.2, 0.25) is 0 Å². The first-order chi connectivity index (χ1) is 14.0. The van der Waals surface area contributed by atoms with E-state index in [-0.39, 0.29) is 17.7 Å². The highest BCUT2D eigenvalue weighted by Gasteiger charge is 2.33. The number of hydrogen-bond acceptors (Lipinski definition) is 5. The summed E-state index contributed by atoms with van der Waals surface area (Å²) in [6.45, 7) is 8.36. The molecule has 1 atom stereocenters. The SMILES string of the molecule is Cc1cc(C)cc(C(=O)N2CCC[C@@H](C(=O)N3CCN(c4nccs4)CC3)C2)c1. The summed E-state index contributed by atoms with van der Waals surface area (Å²) in [5.74, 6) is 0.148. The molecule has 2 amide bonds. The normalized spacial score (nSPS) is 20.1. The number of carbonyl (C=O) groups excluding carboxylic acids is 2. The van der Waals surface area contributed by atoms with Crippen LogP contribution in [0.3, 0.4) is 0 Å². The lowest BCUT2D eigenvalue weighted by atomic mass is 9.95. The molecule has 1 aromatic carbocycles. The van der Waals surface area contributed by atoms with E-state index in [0.717, 1.165) is 67.4 Å². The molecular formula is C22H28N4O2S. The lowest BCUT2D eigenvalue weighted by molar-refractivity contribution is -0.137. The van der Waals surface area contributed by atoms with E-state index in [2.05, 4.69) is 16.0 Å². The number of piperazine rings is 1. The van der Waals surface area contributed by atoms with E-state index >= 15 is 0 Å². The van der Waals surface area contributed by atoms with Gasteiger partial charge in [0.05, 0.1) is 5.92 Å². The van der Waals surface area contributed by atoms with E-state index in [9.17, 15) is 9.59 Å². The van der Waals surface area contributed by atoms with Crippen LogP contribution in [-0.2, 0) is 4.79 Å². The summed E-state index contributed by atoms with van der Waals surface area (Å²) in [4.78, 5) is 36.6. The van der Waals surface area contributed by atoms with Crippen molar-refractivity contribution >= 4 is 28.3 Å². The Bertz CT molecular complexity index is 855. The highest BCUT2D eigenvalue weighted by atomic mass is 32.1. The highest BCUT2D eigenvalue weighted by Crippen LogP contribution is 2.24. The van der Waals surface area contributed by atoms with Gasteiger partial charge in [0.2, 0.25) is 5.91 Å². The molecule has 29 heavy (non-hydrogen) atoms. The van der Waals surface area contributed by atoms with E-state index in [1.807, 2.05) is 47.4 Å². The number of benzene rings is 1. The maximum absolute atomic E-state index is 13.1. The minimum atomic E-state index is -0.0926. The summed E-state index contributed by atoms with van der Waals surface area (Å²) in [6.07, 6.45) is 3.56. The Morgan fingerprint density at radius 3 is 2.38 bits per heavy atom. The predicted molar refractivity (Wildman–Crippen MR) is 115 cm³/mol. The van der Waals surface area contributed by atoms with E-state index < -0.39 is 0 Å². The standard InChI is InChI=1S/C22H28N4O2S/c1-16-12-17(2)14-19(13-16)21(28)26-6-3-4-18(15-26)20(27)24-7-9-25(10-8-24)22-23-5-11-29-22/h5,11-14,18H,3-4,6-10,15H2,1-2H3/t18-/m1/s1. The van der Waals surface area contributed by atoms with Crippen LogP contribution >= 0.6 is 11.3 Å². The minimum Gasteiger partial charge on any atom is -0.345 e. The fraction of sp³-hybridized carbons (Fsp3) is 0.500. The second kappa shape index (κ2) is 8.53. The summed E-state index contributed by atoms with van der Waals surface area (Å²) in [5, 5.41) is 3.01. The quantitative estimate of drug-likeness (QED) is 0.778. The Morgan fingerprint density at radius 1 is 1.00 bits per heavy atom. The van der Waals surface area contributed by atoms with E-state index in [1.165, 1.54) is 0 Å². The average molecular weight is 413 g/mol. The molecule has 6 nitrogen and oxygen atoms in total. The van der Waals surface area contributed by atoms with Gasteiger partial charge < -0.3 is 14.7 Å². The molecule has 7 heteroatoms. The van der Waals surface area contributed by atoms with Crippen molar-refractivity contribution in [3.05, 3.63) is 46.5 Å². The summed E-state index contributed by atoms with van der Waals surface area (Å²) in [5.41, 5.74) is 2.92. The molecule has 0 unspecified atom stereocenters. The first-order valence-corrected chi connectivity index (χ1v) is 11.2. The molecule has 2 fully saturated rings. The predicted octanol–water partition coefficient (Wildman–Crippen LogP) is 2.96. The lowest BCUT2D eigenvalue weighted by Crippen LogP contribution is -2.53. The molecule has 1 aromatic heterocycles. The summed E-state index contributed by atoms with van der Waals surface area (Å²) in [6, 6.07) is 5.96. The van der Waals surface area contributed by atoms with Crippen LogP contribution in [0.1, 0.15) is 34.3 Å². The van der Waals surface area contributed by atoms with Gasteiger partial charge in [0, 0.05) is 56.4 Å². The third-order valence-electron chi connectivity index (χ3n) is 5.81. The fourth-order valence-electron chi connectivity index (χ4n) is 4.39. The average Bonchev–Trinajstić information content (AvgIpc) is 3.27. The molecule has 0 bridgehead atoms. The Morgan fingerprint density at radius 2 is 1.72 bits per heavy atom. The van der Waals surface area contributed by atoms with Gasteiger partial charge in [0.25, 0.3) is 5.91 Å². The number of rotatable bonds is 3. The first kappa shape index (κ1) is 19.9. The second-order valence-corrected chi connectivity index (χ2v) is 8.97. The molecule has 0 spiro atoms. The third kappa shape index (κ3) is 4.45. The van der Waals surface area contributed by atoms with Crippen LogP contribution in [0.15, 0.2) is 29.8 Å². The van der Waals surface area contributed by atoms with Crippen molar-refractivity contribution in [1.82, 2.24) is 14.8 Å². The number of carbonyl (C=O) groups is 2. The molecule has 154 valence electrons. The molecule has 0 saturated carbocycles. The molecule has 2 aromatic rings. The fourth-order valence-corrected chi connectivity index (χ4v) is 5.09. The van der Waals surface area contributed by atoms with Crippen LogP contribution in [0.25, 0.3) is 0 Å². The van der Waals surface area contributed by atoms with Crippen molar-refractivity contribution in [2.24, 2.45) is 5.92 Å². The van der Waals surface area contributed by atoms with Gasteiger partial charge in [-0.2, -0.15) is 0 Å². The van der Waals surface area contributed by atoms with Crippen molar-refractivity contribution in [1.29, 1.82) is 0 Å². The van der Waals surface area contributed by atoms with E-state index in [1.54, 1.807) is 11.3 Å². The molecule has 2 saturated heterocycles. The van der Waals surface area contributed by atoms with Gasteiger partial charge in [0.1, 0.15) is 0 Å². The molecule has 0 aliphatic carbocycles. The monoisotopic (exact) mass is 412 g/mol. The van der Waals surface area contributed by atoms with Crippen molar-refractivity contribution < 1.29 is 9.59 Å². The maximum Gasteiger partial charge on any atom is 0.253 e. The maximum atomic E-state index is 13.1. The van der Waals surface area contributed by atoms with Gasteiger partial charge >= 0.3 is 0 Å². The zero-order valence-electron chi connectivity index (χ0n) is 17.1.